The molecule has 2 atom stereocenters. The molecule has 1 heterocycles. The highest BCUT2D eigenvalue weighted by Crippen LogP contribution is 2.37. The highest BCUT2D eigenvalue weighted by atomic mass is 32.1. The molecule has 1 fully saturated rings. The van der Waals surface area contributed by atoms with Crippen LogP contribution in [0, 0.1) is 12.7 Å². The van der Waals surface area contributed by atoms with E-state index in [1.807, 2.05) is 67.6 Å². The van der Waals surface area contributed by atoms with Gasteiger partial charge in [0.2, 0.25) is 0 Å². The number of nitrogens with zero attached hydrogens (tertiary/aromatic N) is 2. The Labute approximate surface area is 282 Å². The third-order valence-electron chi connectivity index (χ3n) is 8.52. The lowest BCUT2D eigenvalue weighted by Gasteiger charge is -2.23. The fourth-order valence-corrected chi connectivity index (χ4v) is 6.33. The molecule has 48 heavy (non-hydrogen) atoms. The van der Waals surface area contributed by atoms with Crippen LogP contribution in [0.5, 0.6) is 0 Å². The number of carbonyl (C=O) groups excluding carboxylic acids is 3. The molecule has 1 aliphatic carbocycles. The van der Waals surface area contributed by atoms with Gasteiger partial charge in [-0.15, -0.1) is 11.3 Å². The van der Waals surface area contributed by atoms with Crippen molar-refractivity contribution in [2.45, 2.75) is 44.8 Å². The van der Waals surface area contributed by atoms with Crippen molar-refractivity contribution in [3.8, 4) is 11.1 Å². The Hall–Kier alpha value is -5.19. The number of amides is 3. The molecule has 1 aromatic heterocycles. The first-order valence-electron chi connectivity index (χ1n) is 15.8. The molecule has 6 rings (SSSR count). The first-order chi connectivity index (χ1) is 23.2. The molecule has 0 radical (unpaired) electrons. The minimum absolute atomic E-state index is 0.0316. The van der Waals surface area contributed by atoms with Gasteiger partial charge in [0.25, 0.3) is 17.7 Å². The average Bonchev–Trinajstić information content (AvgIpc) is 3.80. The van der Waals surface area contributed by atoms with Crippen LogP contribution < -0.4 is 21.3 Å². The van der Waals surface area contributed by atoms with E-state index in [1.54, 1.807) is 47.7 Å². The van der Waals surface area contributed by atoms with Gasteiger partial charge in [0.15, 0.2) is 5.13 Å². The molecule has 0 spiro atoms. The van der Waals surface area contributed by atoms with Crippen LogP contribution in [-0.4, -0.2) is 35.3 Å². The van der Waals surface area contributed by atoms with Crippen LogP contribution in [0.2, 0.25) is 0 Å². The van der Waals surface area contributed by atoms with E-state index in [9.17, 15) is 14.4 Å². The molecule has 0 saturated heterocycles. The van der Waals surface area contributed by atoms with Gasteiger partial charge >= 0.3 is 0 Å². The Morgan fingerprint density at radius 1 is 0.917 bits per heavy atom. The predicted molar refractivity (Wildman–Crippen MR) is 187 cm³/mol. The van der Waals surface area contributed by atoms with E-state index in [-0.39, 0.29) is 52.7 Å². The lowest BCUT2D eigenvalue weighted by atomic mass is 9.91. The maximum Gasteiger partial charge on any atom is 0.260 e. The zero-order valence-corrected chi connectivity index (χ0v) is 27.5. The smallest absolute Gasteiger partial charge is 0.260 e. The second-order valence-corrected chi connectivity index (χ2v) is 12.8. The first-order valence-corrected chi connectivity index (χ1v) is 16.7. The molecule has 1 aliphatic rings. The van der Waals surface area contributed by atoms with Crippen molar-refractivity contribution < 1.29 is 18.8 Å². The van der Waals surface area contributed by atoms with Crippen molar-refractivity contribution in [2.24, 2.45) is 5.73 Å². The van der Waals surface area contributed by atoms with Gasteiger partial charge in [-0.3, -0.25) is 19.3 Å². The number of carbonyl (C=O) groups is 3. The van der Waals surface area contributed by atoms with Gasteiger partial charge in [0, 0.05) is 46.9 Å². The fourth-order valence-electron chi connectivity index (χ4n) is 5.62. The molecule has 10 heteroatoms. The number of anilines is 1. The fraction of sp³-hybridized carbons (Fsp3) is 0.211. The van der Waals surface area contributed by atoms with E-state index in [4.69, 9.17) is 5.73 Å². The van der Waals surface area contributed by atoms with Gasteiger partial charge in [0.1, 0.15) is 5.82 Å². The lowest BCUT2D eigenvalue weighted by Crippen LogP contribution is -2.34. The van der Waals surface area contributed by atoms with Crippen LogP contribution in [-0.2, 0) is 0 Å². The Morgan fingerprint density at radius 2 is 1.60 bits per heavy atom. The Bertz CT molecular complexity index is 1930. The van der Waals surface area contributed by atoms with Crippen molar-refractivity contribution in [1.29, 1.82) is 0 Å². The number of thiazole rings is 1. The van der Waals surface area contributed by atoms with Crippen LogP contribution in [0.4, 0.5) is 9.52 Å². The number of nitrogens with two attached hydrogens (primary N) is 1. The summed E-state index contributed by atoms with van der Waals surface area (Å²) >= 11 is 1.35. The first kappa shape index (κ1) is 32.7. The van der Waals surface area contributed by atoms with Crippen molar-refractivity contribution in [2.75, 3.05) is 11.4 Å². The van der Waals surface area contributed by atoms with Crippen LogP contribution >= 0.6 is 11.3 Å². The molecule has 1 saturated carbocycles. The van der Waals surface area contributed by atoms with Gasteiger partial charge in [-0.25, -0.2) is 9.37 Å². The summed E-state index contributed by atoms with van der Waals surface area (Å²) in [5.74, 6) is -1.80. The monoisotopic (exact) mass is 661 g/mol. The molecule has 0 bridgehead atoms. The number of benzene rings is 4. The molecular weight excluding hydrogens is 626 g/mol. The molecule has 4 N–H and O–H groups in total. The number of rotatable bonds is 11. The van der Waals surface area contributed by atoms with E-state index < -0.39 is 17.8 Å². The Kier molecular flexibility index (Phi) is 9.75. The molecule has 1 unspecified atom stereocenters. The van der Waals surface area contributed by atoms with Crippen LogP contribution in [0.1, 0.15) is 79.6 Å². The summed E-state index contributed by atoms with van der Waals surface area (Å²) in [5, 5.41) is 8.17. The van der Waals surface area contributed by atoms with Crippen molar-refractivity contribution in [3.63, 3.8) is 0 Å². The van der Waals surface area contributed by atoms with E-state index >= 15 is 4.39 Å². The van der Waals surface area contributed by atoms with Gasteiger partial charge in [-0.2, -0.15) is 0 Å². The minimum Gasteiger partial charge on any atom is -0.350 e. The minimum atomic E-state index is -0.596. The second kappa shape index (κ2) is 14.3. The summed E-state index contributed by atoms with van der Waals surface area (Å²) in [5.41, 5.74) is 9.70. The van der Waals surface area contributed by atoms with Crippen molar-refractivity contribution in [3.05, 3.63) is 142 Å². The third kappa shape index (κ3) is 7.20. The number of hydrogen-bond acceptors (Lipinski definition) is 6. The summed E-state index contributed by atoms with van der Waals surface area (Å²) in [4.78, 5) is 47.3. The molecular formula is C38H36FN5O3S. The summed E-state index contributed by atoms with van der Waals surface area (Å²) in [6, 6.07) is 25.8. The summed E-state index contributed by atoms with van der Waals surface area (Å²) < 4.78 is 15.5. The quantitative estimate of drug-likeness (QED) is 0.141. The average molecular weight is 662 g/mol. The highest BCUT2D eigenvalue weighted by Gasteiger charge is 2.37. The predicted octanol–water partition coefficient (Wildman–Crippen LogP) is 6.99. The Morgan fingerprint density at radius 3 is 2.25 bits per heavy atom. The molecule has 4 aromatic carbocycles. The molecule has 3 amide bonds. The second-order valence-electron chi connectivity index (χ2n) is 11.9. The van der Waals surface area contributed by atoms with E-state index in [0.717, 1.165) is 24.0 Å². The third-order valence-corrected chi connectivity index (χ3v) is 9.29. The summed E-state index contributed by atoms with van der Waals surface area (Å²) in [6.07, 6.45) is 3.29. The lowest BCUT2D eigenvalue weighted by molar-refractivity contribution is 0.0935. The normalized spacial score (nSPS) is 13.8. The SMILES string of the molecule is Cc1c(F)cc(C(=O)NCC(N)c2ccccc2)cc1-c1ccc(C(=O)N[C@H](C)c2ccccc2)cc1C(=O)N(c1nccs1)C1CC1. The zero-order chi connectivity index (χ0) is 33.8. The number of nitrogens with one attached hydrogen (secondary N) is 2. The standard InChI is InChI=1S/C38H36FN5O3S/c1-23-31(20-28(21-33(23)39)35(45)42-22-34(40)26-11-7-4-8-12-26)30-16-13-27(36(46)43-24(2)25-9-5-3-6-10-25)19-32(30)37(47)44(29-14-15-29)38-41-17-18-48-38/h3-13,16-21,24,29,34H,14-15,22,40H2,1-2H3,(H,42,45)(H,43,46)/t24-,34?/m1/s1. The molecule has 0 aliphatic heterocycles. The topological polar surface area (TPSA) is 117 Å². The van der Waals surface area contributed by atoms with Crippen LogP contribution in [0.3, 0.4) is 0 Å². The van der Waals surface area contributed by atoms with Crippen molar-refractivity contribution >= 4 is 34.2 Å². The van der Waals surface area contributed by atoms with Gasteiger partial charge < -0.3 is 16.4 Å². The molecule has 8 nitrogen and oxygen atoms in total. The maximum absolute atomic E-state index is 15.5. The number of aromatic nitrogens is 1. The van der Waals surface area contributed by atoms with Gasteiger partial charge in [-0.1, -0.05) is 66.7 Å². The summed E-state index contributed by atoms with van der Waals surface area (Å²) in [6.45, 7) is 3.64. The molecule has 5 aromatic rings. The largest absolute Gasteiger partial charge is 0.350 e. The van der Waals surface area contributed by atoms with Crippen LogP contribution in [0.15, 0.2) is 103 Å². The number of hydrogen-bond donors (Lipinski definition) is 3. The molecule has 244 valence electrons. The van der Waals surface area contributed by atoms with Gasteiger partial charge in [-0.05, 0) is 78.8 Å². The van der Waals surface area contributed by atoms with E-state index in [0.29, 0.717) is 16.3 Å². The Balaban J connectivity index is 1.36. The van der Waals surface area contributed by atoms with E-state index in [2.05, 4.69) is 15.6 Å². The summed E-state index contributed by atoms with van der Waals surface area (Å²) in [7, 11) is 0. The van der Waals surface area contributed by atoms with Crippen molar-refractivity contribution in [1.82, 2.24) is 15.6 Å². The maximum atomic E-state index is 15.5. The van der Waals surface area contributed by atoms with Gasteiger partial charge in [0.05, 0.1) is 6.04 Å². The zero-order valence-electron chi connectivity index (χ0n) is 26.7. The van der Waals surface area contributed by atoms with E-state index in [1.165, 1.54) is 17.4 Å². The highest BCUT2D eigenvalue weighted by molar-refractivity contribution is 7.13. The number of halogens is 1. The van der Waals surface area contributed by atoms with Crippen LogP contribution in [0.25, 0.3) is 11.1 Å².